The van der Waals surface area contributed by atoms with Crippen molar-refractivity contribution in [1.82, 2.24) is 4.90 Å². The van der Waals surface area contributed by atoms with Crippen LogP contribution in [0, 0.1) is 0 Å². The van der Waals surface area contributed by atoms with E-state index in [9.17, 15) is 8.42 Å². The molecule has 0 radical (unpaired) electrons. The van der Waals surface area contributed by atoms with Gasteiger partial charge in [-0.1, -0.05) is 38.1 Å². The Balaban J connectivity index is 2.24. The molecule has 112 valence electrons. The van der Waals surface area contributed by atoms with Gasteiger partial charge in [-0.3, -0.25) is 4.90 Å². The van der Waals surface area contributed by atoms with E-state index < -0.39 is 9.84 Å². The zero-order valence-electron chi connectivity index (χ0n) is 12.8. The van der Waals surface area contributed by atoms with Crippen LogP contribution in [0.25, 0.3) is 0 Å². The van der Waals surface area contributed by atoms with Crippen LogP contribution in [0.2, 0.25) is 0 Å². The predicted molar refractivity (Wildman–Crippen MR) is 83.8 cm³/mol. The predicted octanol–water partition coefficient (Wildman–Crippen LogP) is 2.99. The third-order valence-electron chi connectivity index (χ3n) is 4.31. The highest BCUT2D eigenvalue weighted by Crippen LogP contribution is 2.38. The van der Waals surface area contributed by atoms with Gasteiger partial charge in [0.15, 0.2) is 0 Å². The molecule has 0 saturated carbocycles. The maximum Gasteiger partial charge on any atom is 0.148 e. The van der Waals surface area contributed by atoms with Crippen molar-refractivity contribution >= 4 is 9.84 Å². The Morgan fingerprint density at radius 1 is 1.25 bits per heavy atom. The van der Waals surface area contributed by atoms with E-state index in [4.69, 9.17) is 0 Å². The Bertz CT molecular complexity index is 566. The van der Waals surface area contributed by atoms with Crippen LogP contribution in [0.1, 0.15) is 49.8 Å². The maximum absolute atomic E-state index is 11.5. The van der Waals surface area contributed by atoms with Crippen molar-refractivity contribution in [2.24, 2.45) is 0 Å². The molecule has 2 unspecified atom stereocenters. The molecule has 0 N–H and O–H groups in total. The van der Waals surface area contributed by atoms with Gasteiger partial charge in [-0.25, -0.2) is 8.42 Å². The number of likely N-dealkylation sites (tertiary alicyclic amines) is 1. The Hall–Kier alpha value is -0.870. The van der Waals surface area contributed by atoms with Crippen LogP contribution in [0.4, 0.5) is 0 Å². The first-order valence-corrected chi connectivity index (χ1v) is 9.34. The number of nitrogens with zero attached hydrogens (tertiary/aromatic N) is 1. The molecule has 1 aromatic carbocycles. The van der Waals surface area contributed by atoms with E-state index in [1.807, 2.05) is 0 Å². The summed E-state index contributed by atoms with van der Waals surface area (Å²) in [6, 6.07) is 9.05. The van der Waals surface area contributed by atoms with Crippen LogP contribution >= 0.6 is 0 Å². The highest BCUT2D eigenvalue weighted by Gasteiger charge is 2.34. The smallest absolute Gasteiger partial charge is 0.148 e. The molecule has 1 aliphatic rings. The van der Waals surface area contributed by atoms with Crippen LogP contribution in [0.5, 0.6) is 0 Å². The van der Waals surface area contributed by atoms with Gasteiger partial charge in [0.05, 0.1) is 5.75 Å². The van der Waals surface area contributed by atoms with Crippen molar-refractivity contribution in [3.63, 3.8) is 0 Å². The molecular weight excluding hydrogens is 270 g/mol. The number of hydrogen-bond acceptors (Lipinski definition) is 3. The van der Waals surface area contributed by atoms with Crippen molar-refractivity contribution in [3.05, 3.63) is 35.4 Å². The molecule has 1 aromatic rings. The number of rotatable bonds is 4. The minimum absolute atomic E-state index is 0.148. The highest BCUT2D eigenvalue weighted by molar-refractivity contribution is 7.90. The molecule has 0 bridgehead atoms. The fourth-order valence-electron chi connectivity index (χ4n) is 3.28. The van der Waals surface area contributed by atoms with Gasteiger partial charge in [-0.15, -0.1) is 0 Å². The van der Waals surface area contributed by atoms with Crippen molar-refractivity contribution in [2.45, 2.75) is 44.7 Å². The van der Waals surface area contributed by atoms with Gasteiger partial charge >= 0.3 is 0 Å². The Morgan fingerprint density at radius 2 is 1.90 bits per heavy atom. The quantitative estimate of drug-likeness (QED) is 0.857. The van der Waals surface area contributed by atoms with Crippen LogP contribution in [-0.4, -0.2) is 38.4 Å². The van der Waals surface area contributed by atoms with Crippen LogP contribution < -0.4 is 0 Å². The first-order chi connectivity index (χ1) is 9.29. The largest absolute Gasteiger partial charge is 0.295 e. The van der Waals surface area contributed by atoms with Crippen LogP contribution in [-0.2, 0) is 9.84 Å². The zero-order valence-corrected chi connectivity index (χ0v) is 13.7. The first-order valence-electron chi connectivity index (χ1n) is 7.28. The summed E-state index contributed by atoms with van der Waals surface area (Å²) in [4.78, 5) is 2.25. The lowest BCUT2D eigenvalue weighted by atomic mass is 9.92. The van der Waals surface area contributed by atoms with E-state index in [1.165, 1.54) is 17.4 Å². The van der Waals surface area contributed by atoms with Crippen LogP contribution in [0.3, 0.4) is 0 Å². The standard InChI is InChI=1S/C16H25NO2S/c1-12(2)14-7-5-6-8-15(14)16-10-9-13(17(16)3)11-20(4,18)19/h5-8,12-13,16H,9-11H2,1-4H3. The zero-order chi connectivity index (χ0) is 14.9. The van der Waals surface area contributed by atoms with Gasteiger partial charge in [0.1, 0.15) is 9.84 Å². The molecular formula is C16H25NO2S. The van der Waals surface area contributed by atoms with Crippen LogP contribution in [0.15, 0.2) is 24.3 Å². The molecule has 0 amide bonds. The molecule has 3 nitrogen and oxygen atoms in total. The fourth-order valence-corrected chi connectivity index (χ4v) is 4.38. The molecule has 1 fully saturated rings. The molecule has 1 aliphatic heterocycles. The van der Waals surface area contributed by atoms with E-state index in [2.05, 4.69) is 50.1 Å². The summed E-state index contributed by atoms with van der Waals surface area (Å²) in [5.74, 6) is 0.762. The topological polar surface area (TPSA) is 37.4 Å². The summed E-state index contributed by atoms with van der Waals surface area (Å²) in [6.45, 7) is 4.42. The highest BCUT2D eigenvalue weighted by atomic mass is 32.2. The molecule has 0 spiro atoms. The van der Waals surface area contributed by atoms with Crippen molar-refractivity contribution in [3.8, 4) is 0 Å². The maximum atomic E-state index is 11.5. The van der Waals surface area contributed by atoms with E-state index in [1.54, 1.807) is 0 Å². The monoisotopic (exact) mass is 295 g/mol. The summed E-state index contributed by atoms with van der Waals surface area (Å²) in [7, 11) is -0.854. The van der Waals surface area contributed by atoms with E-state index in [0.717, 1.165) is 12.8 Å². The second kappa shape index (κ2) is 5.86. The molecule has 1 heterocycles. The molecule has 2 atom stereocenters. The summed E-state index contributed by atoms with van der Waals surface area (Å²) in [5.41, 5.74) is 2.74. The minimum atomic E-state index is -2.91. The van der Waals surface area contributed by atoms with Gasteiger partial charge in [-0.05, 0) is 36.9 Å². The number of sulfone groups is 1. The SMILES string of the molecule is CC(C)c1ccccc1C1CCC(CS(C)(=O)=O)N1C. The molecule has 0 aromatic heterocycles. The normalized spacial score (nSPS) is 24.4. The lowest BCUT2D eigenvalue weighted by molar-refractivity contribution is 0.256. The van der Waals surface area contributed by atoms with Gasteiger partial charge in [0.25, 0.3) is 0 Å². The van der Waals surface area contributed by atoms with Gasteiger partial charge in [0.2, 0.25) is 0 Å². The third-order valence-corrected chi connectivity index (χ3v) is 5.30. The van der Waals surface area contributed by atoms with Crippen molar-refractivity contribution < 1.29 is 8.42 Å². The molecule has 0 aliphatic carbocycles. The Morgan fingerprint density at radius 3 is 2.50 bits per heavy atom. The third kappa shape index (κ3) is 3.41. The molecule has 2 rings (SSSR count). The Kier molecular flexibility index (Phi) is 4.55. The van der Waals surface area contributed by atoms with Gasteiger partial charge < -0.3 is 0 Å². The lowest BCUT2D eigenvalue weighted by Gasteiger charge is -2.28. The second-order valence-electron chi connectivity index (χ2n) is 6.29. The summed E-state index contributed by atoms with van der Waals surface area (Å²) < 4.78 is 23.0. The molecule has 1 saturated heterocycles. The summed E-state index contributed by atoms with van der Waals surface area (Å²) in [5, 5.41) is 0. The second-order valence-corrected chi connectivity index (χ2v) is 8.47. The van der Waals surface area contributed by atoms with E-state index >= 15 is 0 Å². The summed E-state index contributed by atoms with van der Waals surface area (Å²) >= 11 is 0. The fraction of sp³-hybridized carbons (Fsp3) is 0.625. The average Bonchev–Trinajstić information content (AvgIpc) is 2.69. The van der Waals surface area contributed by atoms with Crippen molar-refractivity contribution in [2.75, 3.05) is 19.1 Å². The van der Waals surface area contributed by atoms with E-state index in [0.29, 0.717) is 12.0 Å². The Labute approximate surface area is 122 Å². The lowest BCUT2D eigenvalue weighted by Crippen LogP contribution is -2.33. The minimum Gasteiger partial charge on any atom is -0.295 e. The van der Waals surface area contributed by atoms with Gasteiger partial charge in [-0.2, -0.15) is 0 Å². The molecule has 4 heteroatoms. The number of benzene rings is 1. The molecule has 20 heavy (non-hydrogen) atoms. The number of hydrogen-bond donors (Lipinski definition) is 0. The first kappa shape index (κ1) is 15.5. The summed E-state index contributed by atoms with van der Waals surface area (Å²) in [6.07, 6.45) is 3.33. The average molecular weight is 295 g/mol. The van der Waals surface area contributed by atoms with E-state index in [-0.39, 0.29) is 11.8 Å². The van der Waals surface area contributed by atoms with Crippen molar-refractivity contribution in [1.29, 1.82) is 0 Å². The van der Waals surface area contributed by atoms with Gasteiger partial charge in [0, 0.05) is 18.3 Å².